The average Bonchev–Trinajstić information content (AvgIpc) is 3.34. The summed E-state index contributed by atoms with van der Waals surface area (Å²) in [6.45, 7) is 0.614. The predicted molar refractivity (Wildman–Crippen MR) is 99.0 cm³/mol. The summed E-state index contributed by atoms with van der Waals surface area (Å²) in [7, 11) is 0. The zero-order valence-corrected chi connectivity index (χ0v) is 14.2. The smallest absolute Gasteiger partial charge is 0.294 e. The van der Waals surface area contributed by atoms with Crippen LogP contribution in [0.4, 0.5) is 4.39 Å². The van der Waals surface area contributed by atoms with Crippen molar-refractivity contribution in [3.05, 3.63) is 83.0 Å². The van der Waals surface area contributed by atoms with Crippen LogP contribution in [0.5, 0.6) is 0 Å². The van der Waals surface area contributed by atoms with Gasteiger partial charge in [-0.3, -0.25) is 9.59 Å². The highest BCUT2D eigenvalue weighted by Crippen LogP contribution is 2.20. The van der Waals surface area contributed by atoms with Crippen LogP contribution in [-0.4, -0.2) is 22.0 Å². The molecule has 6 nitrogen and oxygen atoms in total. The third-order valence-electron chi connectivity index (χ3n) is 4.33. The lowest BCUT2D eigenvalue weighted by molar-refractivity contribution is 0.0948. The minimum atomic E-state index is -0.310. The van der Waals surface area contributed by atoms with E-state index in [1.54, 1.807) is 42.7 Å². The minimum Gasteiger partial charge on any atom is -0.459 e. The van der Waals surface area contributed by atoms with Crippen molar-refractivity contribution >= 4 is 16.9 Å². The molecule has 0 aliphatic heterocycles. The van der Waals surface area contributed by atoms with Gasteiger partial charge in [0.2, 0.25) is 0 Å². The second kappa shape index (κ2) is 6.95. The summed E-state index contributed by atoms with van der Waals surface area (Å²) in [5.41, 5.74) is 2.06. The number of hydrogen-bond acceptors (Lipinski definition) is 3. The maximum absolute atomic E-state index is 13.0. The third-order valence-corrected chi connectivity index (χ3v) is 4.33. The van der Waals surface area contributed by atoms with Gasteiger partial charge in [0.1, 0.15) is 11.5 Å². The molecule has 2 N–H and O–H groups in total. The number of carbonyl (C=O) groups excluding carboxylic acids is 1. The van der Waals surface area contributed by atoms with Crippen LogP contribution in [0.15, 0.2) is 70.3 Å². The molecule has 3 aromatic heterocycles. The van der Waals surface area contributed by atoms with Crippen molar-refractivity contribution in [3.8, 4) is 11.1 Å². The molecule has 0 unspecified atom stereocenters. The van der Waals surface area contributed by atoms with Crippen molar-refractivity contribution < 1.29 is 13.6 Å². The number of rotatable bonds is 5. The van der Waals surface area contributed by atoms with Crippen molar-refractivity contribution in [1.29, 1.82) is 0 Å². The van der Waals surface area contributed by atoms with E-state index < -0.39 is 0 Å². The Hall–Kier alpha value is -3.61. The molecule has 1 aromatic carbocycles. The highest BCUT2D eigenvalue weighted by Gasteiger charge is 2.10. The monoisotopic (exact) mass is 365 g/mol. The molecule has 1 amide bonds. The Morgan fingerprint density at radius 2 is 1.96 bits per heavy atom. The number of nitrogens with one attached hydrogen (secondary N) is 2. The van der Waals surface area contributed by atoms with E-state index in [2.05, 4.69) is 10.3 Å². The van der Waals surface area contributed by atoms with E-state index in [0.29, 0.717) is 17.8 Å². The van der Waals surface area contributed by atoms with Gasteiger partial charge in [0.05, 0.1) is 6.26 Å². The number of nitrogens with zero attached hydrogens (tertiary/aromatic N) is 1. The predicted octanol–water partition coefficient (Wildman–Crippen LogP) is 3.16. The van der Waals surface area contributed by atoms with Crippen LogP contribution >= 0.6 is 0 Å². The number of halogens is 1. The maximum Gasteiger partial charge on any atom is 0.294 e. The molecule has 0 fully saturated rings. The average molecular weight is 365 g/mol. The van der Waals surface area contributed by atoms with Gasteiger partial charge in [0.15, 0.2) is 5.58 Å². The van der Waals surface area contributed by atoms with Crippen molar-refractivity contribution in [1.82, 2.24) is 14.9 Å². The SMILES string of the molecule is O=C(NCCn1ccc2ccoc2c1=O)c1cc(-c2ccc(F)cc2)c[nH]1. The Labute approximate surface area is 153 Å². The summed E-state index contributed by atoms with van der Waals surface area (Å²) in [4.78, 5) is 27.4. The molecule has 4 aromatic rings. The molecular formula is C20H16FN3O3. The van der Waals surface area contributed by atoms with E-state index in [-0.39, 0.29) is 23.8 Å². The summed E-state index contributed by atoms with van der Waals surface area (Å²) in [6, 6.07) is 11.3. The van der Waals surface area contributed by atoms with Gasteiger partial charge in [-0.1, -0.05) is 12.1 Å². The molecule has 4 rings (SSSR count). The molecule has 0 aliphatic carbocycles. The molecule has 136 valence electrons. The van der Waals surface area contributed by atoms with Gasteiger partial charge in [-0.2, -0.15) is 0 Å². The van der Waals surface area contributed by atoms with E-state index in [9.17, 15) is 14.0 Å². The summed E-state index contributed by atoms with van der Waals surface area (Å²) in [6.07, 6.45) is 4.84. The van der Waals surface area contributed by atoms with E-state index in [1.807, 2.05) is 0 Å². The first-order valence-corrected chi connectivity index (χ1v) is 8.41. The van der Waals surface area contributed by atoms with Crippen molar-refractivity contribution in [2.75, 3.05) is 6.54 Å². The fraction of sp³-hybridized carbons (Fsp3) is 0.100. The van der Waals surface area contributed by atoms with Gasteiger partial charge >= 0.3 is 0 Å². The first-order valence-electron chi connectivity index (χ1n) is 8.41. The van der Waals surface area contributed by atoms with E-state index >= 15 is 0 Å². The summed E-state index contributed by atoms with van der Waals surface area (Å²) >= 11 is 0. The van der Waals surface area contributed by atoms with Crippen LogP contribution in [-0.2, 0) is 6.54 Å². The number of benzene rings is 1. The Balaban J connectivity index is 1.40. The quantitative estimate of drug-likeness (QED) is 0.570. The third kappa shape index (κ3) is 3.39. The lowest BCUT2D eigenvalue weighted by Gasteiger charge is -2.06. The van der Waals surface area contributed by atoms with Crippen LogP contribution in [0, 0.1) is 5.82 Å². The standard InChI is InChI=1S/C20H16FN3O3/c21-16-3-1-13(2-4-16)15-11-17(23-12-15)19(25)22-7-9-24-8-5-14-6-10-27-18(14)20(24)26/h1-6,8,10-12,23H,7,9H2,(H,22,25). The van der Waals surface area contributed by atoms with Crippen LogP contribution in [0.1, 0.15) is 10.5 Å². The van der Waals surface area contributed by atoms with Gasteiger partial charge in [0.25, 0.3) is 11.5 Å². The second-order valence-corrected chi connectivity index (χ2v) is 6.08. The highest BCUT2D eigenvalue weighted by atomic mass is 19.1. The first kappa shape index (κ1) is 16.8. The molecule has 0 saturated carbocycles. The Morgan fingerprint density at radius 1 is 1.15 bits per heavy atom. The number of pyridine rings is 1. The molecule has 3 heterocycles. The van der Waals surface area contributed by atoms with E-state index in [4.69, 9.17) is 4.42 Å². The molecule has 0 spiro atoms. The van der Waals surface area contributed by atoms with E-state index in [0.717, 1.165) is 16.5 Å². The minimum absolute atomic E-state index is 0.231. The molecule has 0 atom stereocenters. The Kier molecular flexibility index (Phi) is 4.33. The normalized spacial score (nSPS) is 11.0. The van der Waals surface area contributed by atoms with Crippen LogP contribution < -0.4 is 10.9 Å². The lowest BCUT2D eigenvalue weighted by atomic mass is 10.1. The molecule has 27 heavy (non-hydrogen) atoms. The van der Waals surface area contributed by atoms with Gasteiger partial charge in [-0.25, -0.2) is 4.39 Å². The number of furan rings is 1. The van der Waals surface area contributed by atoms with E-state index in [1.165, 1.54) is 23.0 Å². The number of H-pyrrole nitrogens is 1. The fourth-order valence-electron chi connectivity index (χ4n) is 2.89. The summed E-state index contributed by atoms with van der Waals surface area (Å²) in [5.74, 6) is -0.592. The van der Waals surface area contributed by atoms with Crippen LogP contribution in [0.2, 0.25) is 0 Å². The topological polar surface area (TPSA) is 80.0 Å². The number of amides is 1. The summed E-state index contributed by atoms with van der Waals surface area (Å²) < 4.78 is 19.7. The largest absolute Gasteiger partial charge is 0.459 e. The second-order valence-electron chi connectivity index (χ2n) is 6.08. The lowest BCUT2D eigenvalue weighted by Crippen LogP contribution is -2.30. The maximum atomic E-state index is 13.0. The van der Waals surface area contributed by atoms with Crippen molar-refractivity contribution in [3.63, 3.8) is 0 Å². The fourth-order valence-corrected chi connectivity index (χ4v) is 2.89. The number of aromatic nitrogens is 2. The van der Waals surface area contributed by atoms with Gasteiger partial charge in [-0.15, -0.1) is 0 Å². The Morgan fingerprint density at radius 3 is 2.78 bits per heavy atom. The van der Waals surface area contributed by atoms with Gasteiger partial charge < -0.3 is 19.3 Å². The zero-order chi connectivity index (χ0) is 18.8. The first-order chi connectivity index (χ1) is 13.1. The molecule has 0 aliphatic rings. The number of fused-ring (bicyclic) bond motifs is 1. The zero-order valence-electron chi connectivity index (χ0n) is 14.2. The number of aromatic amines is 1. The van der Waals surface area contributed by atoms with Crippen LogP contribution in [0.25, 0.3) is 22.1 Å². The Bertz CT molecular complexity index is 1160. The summed E-state index contributed by atoms with van der Waals surface area (Å²) in [5, 5.41) is 3.52. The molecule has 7 heteroatoms. The number of hydrogen-bond donors (Lipinski definition) is 2. The van der Waals surface area contributed by atoms with Crippen LogP contribution in [0.3, 0.4) is 0 Å². The van der Waals surface area contributed by atoms with Crippen molar-refractivity contribution in [2.24, 2.45) is 0 Å². The highest BCUT2D eigenvalue weighted by molar-refractivity contribution is 5.93. The molecular weight excluding hydrogens is 349 g/mol. The molecule has 0 bridgehead atoms. The molecule has 0 saturated heterocycles. The molecule has 0 radical (unpaired) electrons. The van der Waals surface area contributed by atoms with Gasteiger partial charge in [0, 0.05) is 30.9 Å². The number of carbonyl (C=O) groups is 1. The van der Waals surface area contributed by atoms with Crippen molar-refractivity contribution in [2.45, 2.75) is 6.54 Å². The van der Waals surface area contributed by atoms with Gasteiger partial charge in [-0.05, 0) is 41.5 Å².